The minimum atomic E-state index is -5.12. The number of rotatable bonds is 7. The van der Waals surface area contributed by atoms with Crippen LogP contribution in [0.3, 0.4) is 0 Å². The first-order valence-corrected chi connectivity index (χ1v) is 10.9. The van der Waals surface area contributed by atoms with Crippen LogP contribution in [0.1, 0.15) is 71.8 Å². The first-order valence-electron chi connectivity index (χ1n) is 10.9. The third-order valence-corrected chi connectivity index (χ3v) is 5.56. The maximum atomic E-state index is 14.5. The number of carbonyl (C=O) groups excluding carboxylic acids is 2. The molecule has 178 valence electrons. The highest BCUT2D eigenvalue weighted by Crippen LogP contribution is 2.37. The van der Waals surface area contributed by atoms with Crippen molar-refractivity contribution in [3.63, 3.8) is 0 Å². The van der Waals surface area contributed by atoms with Crippen molar-refractivity contribution in [2.24, 2.45) is 0 Å². The van der Waals surface area contributed by atoms with Crippen molar-refractivity contribution in [1.82, 2.24) is 0 Å². The molecule has 33 heavy (non-hydrogen) atoms. The summed E-state index contributed by atoms with van der Waals surface area (Å²) in [4.78, 5) is 23.7. The van der Waals surface area contributed by atoms with Crippen molar-refractivity contribution < 1.29 is 36.6 Å². The molecule has 0 aromatic heterocycles. The highest BCUT2D eigenvalue weighted by Gasteiger charge is 2.40. The van der Waals surface area contributed by atoms with Gasteiger partial charge < -0.3 is 9.47 Å². The van der Waals surface area contributed by atoms with Gasteiger partial charge in [0.2, 0.25) is 0 Å². The van der Waals surface area contributed by atoms with Gasteiger partial charge in [-0.05, 0) is 48.9 Å². The van der Waals surface area contributed by atoms with E-state index >= 15 is 0 Å². The van der Waals surface area contributed by atoms with Crippen molar-refractivity contribution in [3.05, 3.63) is 70.0 Å². The van der Waals surface area contributed by atoms with Gasteiger partial charge in [-0.2, -0.15) is 13.2 Å². The average molecular weight is 466 g/mol. The van der Waals surface area contributed by atoms with Crippen molar-refractivity contribution in [2.45, 2.75) is 64.3 Å². The van der Waals surface area contributed by atoms with Gasteiger partial charge in [-0.15, -0.1) is 0 Å². The Morgan fingerprint density at radius 2 is 1.79 bits per heavy atom. The molecule has 3 rings (SSSR count). The molecular formula is C25H26F4O4. The molecule has 1 aliphatic rings. The first-order chi connectivity index (χ1) is 15.6. The number of benzene rings is 2. The highest BCUT2D eigenvalue weighted by atomic mass is 19.4. The van der Waals surface area contributed by atoms with Crippen molar-refractivity contribution in [3.8, 4) is 0 Å². The lowest BCUT2D eigenvalue weighted by Crippen LogP contribution is -2.30. The van der Waals surface area contributed by atoms with E-state index in [1.807, 2.05) is 24.3 Å². The Hall–Kier alpha value is -2.74. The van der Waals surface area contributed by atoms with E-state index in [0.717, 1.165) is 37.5 Å². The molecule has 1 aliphatic heterocycles. The summed E-state index contributed by atoms with van der Waals surface area (Å²) in [7, 11) is 0. The number of aryl methyl sites for hydroxylation is 1. The van der Waals surface area contributed by atoms with Crippen LogP contribution in [0.4, 0.5) is 17.6 Å². The molecule has 2 aromatic carbocycles. The average Bonchev–Trinajstić information content (AvgIpc) is 2.75. The van der Waals surface area contributed by atoms with Gasteiger partial charge in [0, 0.05) is 6.42 Å². The lowest BCUT2D eigenvalue weighted by molar-refractivity contribution is -0.141. The van der Waals surface area contributed by atoms with E-state index in [1.54, 1.807) is 0 Å². The summed E-state index contributed by atoms with van der Waals surface area (Å²) in [6.07, 6.45) is -3.59. The van der Waals surface area contributed by atoms with Crippen LogP contribution in [0.5, 0.6) is 0 Å². The molecule has 2 aromatic rings. The molecule has 2 unspecified atom stereocenters. The second-order valence-corrected chi connectivity index (χ2v) is 8.26. The van der Waals surface area contributed by atoms with Gasteiger partial charge in [-0.1, -0.05) is 43.7 Å². The third-order valence-electron chi connectivity index (χ3n) is 5.56. The zero-order chi connectivity index (χ0) is 24.2. The first kappa shape index (κ1) is 24.9. The van der Waals surface area contributed by atoms with E-state index in [1.165, 1.54) is 5.56 Å². The van der Waals surface area contributed by atoms with Gasteiger partial charge in [-0.3, -0.25) is 4.79 Å². The van der Waals surface area contributed by atoms with Gasteiger partial charge in [0.15, 0.2) is 0 Å². The summed E-state index contributed by atoms with van der Waals surface area (Å²) in [6, 6.07) is 9.93. The molecule has 2 atom stereocenters. The highest BCUT2D eigenvalue weighted by molar-refractivity contribution is 5.92. The normalized spacial score (nSPS) is 18.7. The molecule has 1 heterocycles. The Morgan fingerprint density at radius 3 is 2.33 bits per heavy atom. The number of alkyl halides is 3. The maximum Gasteiger partial charge on any atom is 0.420 e. The predicted molar refractivity (Wildman–Crippen MR) is 113 cm³/mol. The molecular weight excluding hydrogens is 440 g/mol. The number of halogens is 4. The van der Waals surface area contributed by atoms with Crippen LogP contribution in [-0.2, 0) is 33.3 Å². The largest absolute Gasteiger partial charge is 0.456 e. The van der Waals surface area contributed by atoms with Gasteiger partial charge in [-0.25, -0.2) is 9.18 Å². The molecule has 0 saturated carbocycles. The van der Waals surface area contributed by atoms with Gasteiger partial charge >= 0.3 is 12.1 Å². The summed E-state index contributed by atoms with van der Waals surface area (Å²) in [6.45, 7) is 3.27. The fourth-order valence-corrected chi connectivity index (χ4v) is 3.96. The van der Waals surface area contributed by atoms with E-state index in [-0.39, 0.29) is 12.7 Å². The van der Waals surface area contributed by atoms with Crippen LogP contribution in [0.25, 0.3) is 0 Å². The monoisotopic (exact) mass is 466 g/mol. The van der Waals surface area contributed by atoms with Crippen LogP contribution in [0, 0.1) is 5.82 Å². The van der Waals surface area contributed by atoms with Crippen molar-refractivity contribution >= 4 is 11.8 Å². The van der Waals surface area contributed by atoms with Crippen molar-refractivity contribution in [1.29, 1.82) is 0 Å². The molecule has 0 aliphatic carbocycles. The maximum absolute atomic E-state index is 14.5. The topological polar surface area (TPSA) is 52.6 Å². The van der Waals surface area contributed by atoms with Crippen LogP contribution >= 0.6 is 0 Å². The van der Waals surface area contributed by atoms with Crippen LogP contribution in [-0.4, -0.2) is 24.5 Å². The smallest absolute Gasteiger partial charge is 0.420 e. The molecule has 0 N–H and O–H groups in total. The summed E-state index contributed by atoms with van der Waals surface area (Å²) in [5, 5.41) is 0. The second-order valence-electron chi connectivity index (χ2n) is 8.26. The standard InChI is InChI=1S/C25H26F4O4/c1-3-4-16-5-7-17(8-6-16)21-12-10-19(14-32-21)33-24(31)20-11-9-18(13-15(2)30)23(26)22(20)25(27,28)29/h5-9,11,19,21H,3-4,10,12-14H2,1-2H3. The molecule has 8 heteroatoms. The predicted octanol–water partition coefficient (Wildman–Crippen LogP) is 6.01. The molecule has 0 spiro atoms. The molecule has 4 nitrogen and oxygen atoms in total. The van der Waals surface area contributed by atoms with Crippen LogP contribution in [0.15, 0.2) is 36.4 Å². The van der Waals surface area contributed by atoms with E-state index in [0.29, 0.717) is 12.8 Å². The summed E-state index contributed by atoms with van der Waals surface area (Å²) in [5.74, 6) is -3.39. The minimum absolute atomic E-state index is 0.0272. The number of esters is 1. The van der Waals surface area contributed by atoms with Gasteiger partial charge in [0.1, 0.15) is 23.3 Å². The zero-order valence-corrected chi connectivity index (χ0v) is 18.5. The SMILES string of the molecule is CCCc1ccc(C2CCC(OC(=O)c3ccc(CC(C)=O)c(F)c3C(F)(F)F)CO2)cc1. The van der Waals surface area contributed by atoms with E-state index < -0.39 is 53.0 Å². The van der Waals surface area contributed by atoms with E-state index in [9.17, 15) is 27.2 Å². The second kappa shape index (κ2) is 10.5. The van der Waals surface area contributed by atoms with Crippen LogP contribution < -0.4 is 0 Å². The fourth-order valence-electron chi connectivity index (χ4n) is 3.96. The Bertz CT molecular complexity index is 991. The van der Waals surface area contributed by atoms with Crippen molar-refractivity contribution in [2.75, 3.05) is 6.61 Å². The molecule has 0 bridgehead atoms. The number of hydrogen-bond donors (Lipinski definition) is 0. The number of hydrogen-bond acceptors (Lipinski definition) is 4. The van der Waals surface area contributed by atoms with Gasteiger partial charge in [0.25, 0.3) is 0 Å². The zero-order valence-electron chi connectivity index (χ0n) is 18.5. The Balaban J connectivity index is 1.68. The third kappa shape index (κ3) is 6.19. The number of carbonyl (C=O) groups is 2. The van der Waals surface area contributed by atoms with Crippen LogP contribution in [0.2, 0.25) is 0 Å². The molecule has 1 fully saturated rings. The number of ketones is 1. The summed E-state index contributed by atoms with van der Waals surface area (Å²) >= 11 is 0. The Kier molecular flexibility index (Phi) is 7.89. The van der Waals surface area contributed by atoms with E-state index in [4.69, 9.17) is 9.47 Å². The molecule has 0 amide bonds. The Labute approximate surface area is 189 Å². The fraction of sp³-hybridized carbons (Fsp3) is 0.440. The quantitative estimate of drug-likeness (QED) is 0.371. The minimum Gasteiger partial charge on any atom is -0.456 e. The molecule has 1 saturated heterocycles. The molecule has 0 radical (unpaired) electrons. The van der Waals surface area contributed by atoms with E-state index in [2.05, 4.69) is 6.92 Å². The number of ether oxygens (including phenoxy) is 2. The van der Waals surface area contributed by atoms with Gasteiger partial charge in [0.05, 0.1) is 18.3 Å². The number of Topliss-reactive ketones (excluding diaryl/α,β-unsaturated/α-hetero) is 1. The lowest BCUT2D eigenvalue weighted by Gasteiger charge is -2.29. The lowest BCUT2D eigenvalue weighted by atomic mass is 9.98. The summed E-state index contributed by atoms with van der Waals surface area (Å²) in [5.41, 5.74) is -0.831. The Morgan fingerprint density at radius 1 is 1.09 bits per heavy atom. The summed E-state index contributed by atoms with van der Waals surface area (Å²) < 4.78 is 66.1.